The minimum Gasteiger partial charge on any atom is -0.332 e. The molecule has 0 saturated heterocycles. The molecule has 4 heteroatoms. The number of hydrogen-bond acceptors (Lipinski definition) is 3. The second-order valence-electron chi connectivity index (χ2n) is 7.29. The van der Waals surface area contributed by atoms with E-state index in [2.05, 4.69) is 35.1 Å². The minimum atomic E-state index is 0.262. The first-order valence-electron chi connectivity index (χ1n) is 9.67. The van der Waals surface area contributed by atoms with Crippen molar-refractivity contribution < 1.29 is 4.79 Å². The molecule has 0 spiro atoms. The first-order chi connectivity index (χ1) is 12.5. The molecule has 2 aromatic rings. The first kappa shape index (κ1) is 18.6. The number of aromatic nitrogens is 2. The molecule has 2 aromatic heterocycles. The summed E-state index contributed by atoms with van der Waals surface area (Å²) in [4.78, 5) is 23.6. The smallest absolute Gasteiger partial charge is 0.223 e. The molecule has 4 rings (SSSR count). The van der Waals surface area contributed by atoms with Crippen molar-refractivity contribution in [1.82, 2.24) is 14.9 Å². The van der Waals surface area contributed by atoms with Gasteiger partial charge in [0.05, 0.1) is 12.2 Å². The predicted molar refractivity (Wildman–Crippen MR) is 104 cm³/mol. The zero-order valence-corrected chi connectivity index (χ0v) is 16.5. The molecule has 1 amide bonds. The summed E-state index contributed by atoms with van der Waals surface area (Å²) in [5.41, 5.74) is 6.92. The average molecular weight is 351 g/mol. The lowest BCUT2D eigenvalue weighted by Crippen LogP contribution is -2.25. The van der Waals surface area contributed by atoms with Crippen LogP contribution in [-0.2, 0) is 17.9 Å². The van der Waals surface area contributed by atoms with Crippen molar-refractivity contribution in [2.45, 2.75) is 66.5 Å². The van der Waals surface area contributed by atoms with E-state index in [1.165, 1.54) is 16.7 Å². The molecule has 3 heterocycles. The maximum absolute atomic E-state index is 12.7. The van der Waals surface area contributed by atoms with E-state index in [9.17, 15) is 4.79 Å². The molecule has 1 saturated carbocycles. The Hall–Kier alpha value is -2.23. The molecule has 1 fully saturated rings. The Balaban J connectivity index is 0.000000948. The number of pyridine rings is 2. The van der Waals surface area contributed by atoms with E-state index in [0.29, 0.717) is 24.8 Å². The zero-order chi connectivity index (χ0) is 18.8. The van der Waals surface area contributed by atoms with Crippen molar-refractivity contribution in [3.63, 3.8) is 0 Å². The Bertz CT molecular complexity index is 798. The summed E-state index contributed by atoms with van der Waals surface area (Å²) in [6.45, 7) is 11.5. The molecule has 0 bridgehead atoms. The van der Waals surface area contributed by atoms with Crippen LogP contribution in [0.2, 0.25) is 0 Å². The average Bonchev–Trinajstić information content (AvgIpc) is 3.24. The number of rotatable bonds is 3. The van der Waals surface area contributed by atoms with Gasteiger partial charge in [0.1, 0.15) is 0 Å². The summed E-state index contributed by atoms with van der Waals surface area (Å²) >= 11 is 0. The monoisotopic (exact) mass is 351 g/mol. The lowest BCUT2D eigenvalue weighted by Gasteiger charge is -2.15. The molecule has 26 heavy (non-hydrogen) atoms. The summed E-state index contributed by atoms with van der Waals surface area (Å²) in [6.07, 6.45) is 3.71. The highest BCUT2D eigenvalue weighted by Crippen LogP contribution is 2.49. The molecule has 0 unspecified atom stereocenters. The molecule has 0 aromatic carbocycles. The molecule has 138 valence electrons. The van der Waals surface area contributed by atoms with Crippen LogP contribution in [0.5, 0.6) is 0 Å². The third-order valence-corrected chi connectivity index (χ3v) is 5.33. The zero-order valence-electron chi connectivity index (χ0n) is 16.5. The van der Waals surface area contributed by atoms with E-state index in [1.807, 2.05) is 38.8 Å². The second kappa shape index (κ2) is 7.56. The van der Waals surface area contributed by atoms with Gasteiger partial charge in [-0.05, 0) is 67.9 Å². The molecule has 2 aliphatic rings. The van der Waals surface area contributed by atoms with Crippen LogP contribution >= 0.6 is 0 Å². The van der Waals surface area contributed by atoms with Crippen LogP contribution in [0.15, 0.2) is 24.4 Å². The van der Waals surface area contributed by atoms with Crippen LogP contribution in [0.25, 0.3) is 0 Å². The van der Waals surface area contributed by atoms with Crippen molar-refractivity contribution in [3.8, 4) is 0 Å². The molecular weight excluding hydrogens is 322 g/mol. The highest BCUT2D eigenvalue weighted by Gasteiger charge is 2.41. The quantitative estimate of drug-likeness (QED) is 0.820. The SMILES string of the molecule is CC.Cc1ccc([C@@H]2C[C@H]2CC(=O)N2Cc3nc(C)cc(C)c3C2)cn1. The first-order valence-corrected chi connectivity index (χ1v) is 9.67. The topological polar surface area (TPSA) is 46.1 Å². The van der Waals surface area contributed by atoms with E-state index < -0.39 is 0 Å². The molecule has 0 N–H and O–H groups in total. The highest BCUT2D eigenvalue weighted by molar-refractivity contribution is 5.77. The van der Waals surface area contributed by atoms with Crippen LogP contribution in [0.1, 0.15) is 66.4 Å². The predicted octanol–water partition coefficient (Wildman–Crippen LogP) is 4.46. The molecule has 2 atom stereocenters. The van der Waals surface area contributed by atoms with Gasteiger partial charge in [0.2, 0.25) is 5.91 Å². The summed E-state index contributed by atoms with van der Waals surface area (Å²) in [6, 6.07) is 6.31. The van der Waals surface area contributed by atoms with Gasteiger partial charge in [-0.3, -0.25) is 14.8 Å². The summed E-state index contributed by atoms with van der Waals surface area (Å²) in [5, 5.41) is 0. The van der Waals surface area contributed by atoms with Gasteiger partial charge in [0.25, 0.3) is 0 Å². The van der Waals surface area contributed by atoms with E-state index in [-0.39, 0.29) is 5.91 Å². The van der Waals surface area contributed by atoms with Crippen LogP contribution in [0.4, 0.5) is 0 Å². The lowest BCUT2D eigenvalue weighted by atomic mass is 10.1. The standard InChI is InChI=1S/C20H23N3O.C2H6/c1-12-6-14(3)22-19-11-23(10-18(12)19)20(24)8-16-7-17(16)15-5-4-13(2)21-9-15;1-2/h4-6,9,16-17H,7-8,10-11H2,1-3H3;1-2H3/t16-,17-;/m0./s1. The van der Waals surface area contributed by atoms with E-state index in [1.54, 1.807) is 0 Å². The van der Waals surface area contributed by atoms with Gasteiger partial charge in [-0.25, -0.2) is 0 Å². The fourth-order valence-electron chi connectivity index (χ4n) is 3.82. The maximum atomic E-state index is 12.7. The van der Waals surface area contributed by atoms with Crippen molar-refractivity contribution in [3.05, 3.63) is 58.2 Å². The molecule has 1 aliphatic heterocycles. The number of carbonyl (C=O) groups excluding carboxylic acids is 1. The lowest BCUT2D eigenvalue weighted by molar-refractivity contribution is -0.132. The minimum absolute atomic E-state index is 0.262. The Morgan fingerprint density at radius 3 is 2.62 bits per heavy atom. The fourth-order valence-corrected chi connectivity index (χ4v) is 3.82. The summed E-state index contributed by atoms with van der Waals surface area (Å²) in [5.74, 6) is 1.24. The normalized spacial score (nSPS) is 20.3. The Morgan fingerprint density at radius 2 is 1.92 bits per heavy atom. The number of nitrogens with zero attached hydrogens (tertiary/aromatic N) is 3. The Kier molecular flexibility index (Phi) is 5.40. The summed E-state index contributed by atoms with van der Waals surface area (Å²) < 4.78 is 0. The highest BCUT2D eigenvalue weighted by atomic mass is 16.2. The Labute approximate surface area is 156 Å². The van der Waals surface area contributed by atoms with Gasteiger partial charge in [-0.1, -0.05) is 19.9 Å². The van der Waals surface area contributed by atoms with E-state index in [0.717, 1.165) is 30.0 Å². The van der Waals surface area contributed by atoms with Gasteiger partial charge < -0.3 is 4.90 Å². The van der Waals surface area contributed by atoms with Gasteiger partial charge in [0.15, 0.2) is 0 Å². The Morgan fingerprint density at radius 1 is 1.15 bits per heavy atom. The molecule has 0 radical (unpaired) electrons. The number of carbonyl (C=O) groups is 1. The van der Waals surface area contributed by atoms with E-state index in [4.69, 9.17) is 0 Å². The van der Waals surface area contributed by atoms with Gasteiger partial charge in [-0.15, -0.1) is 0 Å². The van der Waals surface area contributed by atoms with Gasteiger partial charge in [0, 0.05) is 30.6 Å². The molecule has 4 nitrogen and oxygen atoms in total. The summed E-state index contributed by atoms with van der Waals surface area (Å²) in [7, 11) is 0. The number of aryl methyl sites for hydroxylation is 3. The van der Waals surface area contributed by atoms with E-state index >= 15 is 0 Å². The number of fused-ring (bicyclic) bond motifs is 1. The van der Waals surface area contributed by atoms with Crippen molar-refractivity contribution >= 4 is 5.91 Å². The van der Waals surface area contributed by atoms with Crippen molar-refractivity contribution in [2.75, 3.05) is 0 Å². The molecular formula is C22H29N3O. The third kappa shape index (κ3) is 3.79. The van der Waals surface area contributed by atoms with Gasteiger partial charge in [-0.2, -0.15) is 0 Å². The number of hydrogen-bond donors (Lipinski definition) is 0. The fraction of sp³-hybridized carbons (Fsp3) is 0.500. The van der Waals surface area contributed by atoms with Crippen LogP contribution < -0.4 is 0 Å². The van der Waals surface area contributed by atoms with Crippen LogP contribution in [-0.4, -0.2) is 20.8 Å². The van der Waals surface area contributed by atoms with Gasteiger partial charge >= 0.3 is 0 Å². The van der Waals surface area contributed by atoms with Crippen LogP contribution in [0.3, 0.4) is 0 Å². The number of amides is 1. The maximum Gasteiger partial charge on any atom is 0.223 e. The van der Waals surface area contributed by atoms with Crippen molar-refractivity contribution in [1.29, 1.82) is 0 Å². The third-order valence-electron chi connectivity index (χ3n) is 5.33. The molecule has 1 aliphatic carbocycles. The largest absolute Gasteiger partial charge is 0.332 e. The van der Waals surface area contributed by atoms with Crippen LogP contribution in [0, 0.1) is 26.7 Å². The van der Waals surface area contributed by atoms with Crippen molar-refractivity contribution in [2.24, 2.45) is 5.92 Å². The second-order valence-corrected chi connectivity index (χ2v) is 7.29.